The highest BCUT2D eigenvalue weighted by atomic mass is 35.5. The Balaban J connectivity index is 1.33. The molecule has 0 bridgehead atoms. The normalized spacial score (nSPS) is 12.8. The average molecular weight is 589 g/mol. The van der Waals surface area contributed by atoms with E-state index in [4.69, 9.17) is 16.3 Å². The standard InChI is InChI=1S/C26H20ClF3N6O3S/c1-12-6-14(15-7-22(27)32-9-20(15)39-3)16(8-31-12)23(37)35-25-34-19-10-36(11-21(19)40-25)24(38)18-5-4-17(13(2)33-18)26(28,29)30/h4-9H,10-11H2,1-3H3,(H,34,35,37). The smallest absolute Gasteiger partial charge is 0.418 e. The molecule has 5 heterocycles. The summed E-state index contributed by atoms with van der Waals surface area (Å²) >= 11 is 7.31. The molecular weight excluding hydrogens is 569 g/mol. The number of thiazole rings is 1. The van der Waals surface area contributed by atoms with Crippen molar-refractivity contribution in [2.75, 3.05) is 12.4 Å². The van der Waals surface area contributed by atoms with Crippen LogP contribution in [0.25, 0.3) is 11.1 Å². The lowest BCUT2D eigenvalue weighted by Gasteiger charge is -2.16. The zero-order valence-electron chi connectivity index (χ0n) is 21.3. The third-order valence-electron chi connectivity index (χ3n) is 6.20. The summed E-state index contributed by atoms with van der Waals surface area (Å²) in [5.74, 6) is -0.532. The number of rotatable bonds is 5. The number of hydrogen-bond donors (Lipinski definition) is 1. The van der Waals surface area contributed by atoms with Gasteiger partial charge >= 0.3 is 6.18 Å². The second-order valence-corrected chi connectivity index (χ2v) is 10.4. The van der Waals surface area contributed by atoms with Gasteiger partial charge in [0.15, 0.2) is 5.13 Å². The second kappa shape index (κ2) is 10.5. The number of amides is 2. The van der Waals surface area contributed by atoms with Crippen LogP contribution < -0.4 is 10.1 Å². The van der Waals surface area contributed by atoms with Crippen molar-refractivity contribution in [3.05, 3.63) is 80.6 Å². The molecule has 4 aromatic rings. The van der Waals surface area contributed by atoms with Crippen LogP contribution in [0.3, 0.4) is 0 Å². The number of aromatic nitrogens is 4. The molecule has 1 N–H and O–H groups in total. The van der Waals surface area contributed by atoms with Gasteiger partial charge in [0.05, 0.1) is 53.8 Å². The first-order valence-electron chi connectivity index (χ1n) is 11.7. The van der Waals surface area contributed by atoms with Gasteiger partial charge in [-0.05, 0) is 38.1 Å². The molecular formula is C26H20ClF3N6O3S. The quantitative estimate of drug-likeness (QED) is 0.298. The van der Waals surface area contributed by atoms with Gasteiger partial charge in [0.2, 0.25) is 0 Å². The van der Waals surface area contributed by atoms with E-state index in [1.54, 1.807) is 19.1 Å². The third kappa shape index (κ3) is 5.34. The monoisotopic (exact) mass is 588 g/mol. The fourth-order valence-corrected chi connectivity index (χ4v) is 5.44. The largest absolute Gasteiger partial charge is 0.494 e. The molecule has 0 fully saturated rings. The van der Waals surface area contributed by atoms with Gasteiger partial charge in [-0.25, -0.2) is 15.0 Å². The van der Waals surface area contributed by atoms with Crippen LogP contribution in [0.2, 0.25) is 5.15 Å². The summed E-state index contributed by atoms with van der Waals surface area (Å²) in [5.41, 5.74) is 1.41. The number of carbonyl (C=O) groups is 2. The van der Waals surface area contributed by atoms with Crippen LogP contribution in [0.1, 0.15) is 48.4 Å². The first-order valence-corrected chi connectivity index (χ1v) is 12.9. The molecule has 0 aliphatic carbocycles. The topological polar surface area (TPSA) is 110 Å². The first-order chi connectivity index (χ1) is 18.9. The fourth-order valence-electron chi connectivity index (χ4n) is 4.30. The highest BCUT2D eigenvalue weighted by Crippen LogP contribution is 2.36. The maximum Gasteiger partial charge on any atom is 0.418 e. The van der Waals surface area contributed by atoms with Crippen molar-refractivity contribution in [3.63, 3.8) is 0 Å². The molecule has 14 heteroatoms. The Kier molecular flexibility index (Phi) is 7.19. The van der Waals surface area contributed by atoms with E-state index in [0.717, 1.165) is 17.0 Å². The highest BCUT2D eigenvalue weighted by molar-refractivity contribution is 7.16. The summed E-state index contributed by atoms with van der Waals surface area (Å²) in [6.45, 7) is 3.32. The molecule has 4 aromatic heterocycles. The van der Waals surface area contributed by atoms with E-state index in [2.05, 4.69) is 25.3 Å². The number of aryl methyl sites for hydroxylation is 2. The summed E-state index contributed by atoms with van der Waals surface area (Å²) in [6, 6.07) is 5.27. The number of carbonyl (C=O) groups excluding carboxylic acids is 2. The molecule has 1 aliphatic rings. The molecule has 40 heavy (non-hydrogen) atoms. The van der Waals surface area contributed by atoms with Gasteiger partial charge in [-0.15, -0.1) is 0 Å². The van der Waals surface area contributed by atoms with Gasteiger partial charge in [-0.3, -0.25) is 19.9 Å². The van der Waals surface area contributed by atoms with Gasteiger partial charge in [0.1, 0.15) is 16.6 Å². The zero-order chi connectivity index (χ0) is 28.8. The van der Waals surface area contributed by atoms with Crippen LogP contribution in [0.5, 0.6) is 5.75 Å². The lowest BCUT2D eigenvalue weighted by Crippen LogP contribution is -2.27. The van der Waals surface area contributed by atoms with Crippen molar-refractivity contribution < 1.29 is 27.5 Å². The van der Waals surface area contributed by atoms with Crippen molar-refractivity contribution in [1.82, 2.24) is 24.8 Å². The lowest BCUT2D eigenvalue weighted by atomic mass is 10.0. The van der Waals surface area contributed by atoms with Gasteiger partial charge in [0.25, 0.3) is 11.8 Å². The van der Waals surface area contributed by atoms with Crippen molar-refractivity contribution in [2.24, 2.45) is 0 Å². The van der Waals surface area contributed by atoms with Gasteiger partial charge < -0.3 is 9.64 Å². The van der Waals surface area contributed by atoms with Crippen molar-refractivity contribution in [2.45, 2.75) is 33.1 Å². The van der Waals surface area contributed by atoms with Crippen molar-refractivity contribution in [1.29, 1.82) is 0 Å². The number of anilines is 1. The van der Waals surface area contributed by atoms with E-state index in [0.29, 0.717) is 33.4 Å². The summed E-state index contributed by atoms with van der Waals surface area (Å²) in [6.07, 6.45) is -1.63. The summed E-state index contributed by atoms with van der Waals surface area (Å²) in [7, 11) is 1.49. The van der Waals surface area contributed by atoms with Crippen LogP contribution in [0, 0.1) is 13.8 Å². The van der Waals surface area contributed by atoms with E-state index in [1.807, 2.05) is 0 Å². The average Bonchev–Trinajstić information content (AvgIpc) is 3.46. The predicted molar refractivity (Wildman–Crippen MR) is 141 cm³/mol. The Morgan fingerprint density at radius 3 is 2.52 bits per heavy atom. The summed E-state index contributed by atoms with van der Waals surface area (Å²) in [4.78, 5) is 45.0. The fraction of sp³-hybridized carbons (Fsp3) is 0.231. The molecule has 1 aliphatic heterocycles. The summed E-state index contributed by atoms with van der Waals surface area (Å²) < 4.78 is 44.5. The third-order valence-corrected chi connectivity index (χ3v) is 7.41. The van der Waals surface area contributed by atoms with E-state index in [9.17, 15) is 22.8 Å². The highest BCUT2D eigenvalue weighted by Gasteiger charge is 2.34. The van der Waals surface area contributed by atoms with Gasteiger partial charge in [0, 0.05) is 23.0 Å². The first kappa shape index (κ1) is 27.5. The molecule has 0 unspecified atom stereocenters. The molecule has 0 spiro atoms. The molecule has 0 atom stereocenters. The van der Waals surface area contributed by atoms with Crippen molar-refractivity contribution in [3.8, 4) is 16.9 Å². The van der Waals surface area contributed by atoms with Crippen LogP contribution in [0.15, 0.2) is 36.7 Å². The van der Waals surface area contributed by atoms with Crippen LogP contribution in [-0.2, 0) is 19.3 Å². The summed E-state index contributed by atoms with van der Waals surface area (Å²) in [5, 5.41) is 3.35. The van der Waals surface area contributed by atoms with Crippen LogP contribution >= 0.6 is 22.9 Å². The van der Waals surface area contributed by atoms with Crippen LogP contribution in [-0.4, -0.2) is 43.8 Å². The molecule has 5 rings (SSSR count). The Labute approximate surface area is 235 Å². The molecule has 0 saturated heterocycles. The molecule has 206 valence electrons. The number of nitrogens with one attached hydrogen (secondary N) is 1. The zero-order valence-corrected chi connectivity index (χ0v) is 22.8. The lowest BCUT2D eigenvalue weighted by molar-refractivity contribution is -0.138. The number of ether oxygens (including phenoxy) is 1. The number of halogens is 4. The number of methoxy groups -OCH3 is 1. The molecule has 9 nitrogen and oxygen atoms in total. The number of alkyl halides is 3. The minimum Gasteiger partial charge on any atom is -0.494 e. The molecule has 2 amide bonds. The maximum atomic E-state index is 13.3. The minimum atomic E-state index is -4.55. The van der Waals surface area contributed by atoms with E-state index in [1.165, 1.54) is 42.7 Å². The Hall–Kier alpha value is -4.10. The Bertz CT molecular complexity index is 1640. The van der Waals surface area contributed by atoms with E-state index in [-0.39, 0.29) is 35.2 Å². The van der Waals surface area contributed by atoms with E-state index < -0.39 is 23.6 Å². The van der Waals surface area contributed by atoms with Crippen LogP contribution in [0.4, 0.5) is 18.3 Å². The number of nitrogens with zero attached hydrogens (tertiary/aromatic N) is 5. The SMILES string of the molecule is COc1cnc(Cl)cc1-c1cc(C)ncc1C(=O)Nc1nc2c(s1)CN(C(=O)c1ccc(C(F)(F)F)c(C)n1)C2. The molecule has 0 saturated carbocycles. The van der Waals surface area contributed by atoms with Gasteiger partial charge in [-0.2, -0.15) is 13.2 Å². The van der Waals surface area contributed by atoms with Gasteiger partial charge in [-0.1, -0.05) is 22.9 Å². The molecule has 0 radical (unpaired) electrons. The number of hydrogen-bond acceptors (Lipinski definition) is 8. The Morgan fingerprint density at radius 2 is 1.85 bits per heavy atom. The minimum absolute atomic E-state index is 0.0831. The predicted octanol–water partition coefficient (Wildman–Crippen LogP) is 5.70. The van der Waals surface area contributed by atoms with Crippen molar-refractivity contribution >= 4 is 39.9 Å². The second-order valence-electron chi connectivity index (χ2n) is 8.91. The van der Waals surface area contributed by atoms with E-state index >= 15 is 0 Å². The number of fused-ring (bicyclic) bond motifs is 1. The molecule has 0 aromatic carbocycles. The maximum absolute atomic E-state index is 13.3. The number of pyridine rings is 3. The Morgan fingerprint density at radius 1 is 1.07 bits per heavy atom.